The van der Waals surface area contributed by atoms with Crippen LogP contribution in [0.5, 0.6) is 0 Å². The summed E-state index contributed by atoms with van der Waals surface area (Å²) in [7, 11) is 0. The van der Waals surface area contributed by atoms with Gasteiger partial charge in [-0.25, -0.2) is 0 Å². The highest BCUT2D eigenvalue weighted by Gasteiger charge is 2.34. The third kappa shape index (κ3) is 3.82. The minimum Gasteiger partial charge on any atom is -0.361 e. The van der Waals surface area contributed by atoms with Crippen molar-refractivity contribution in [1.82, 2.24) is 14.8 Å². The lowest BCUT2D eigenvalue weighted by Crippen LogP contribution is -2.59. The zero-order valence-corrected chi connectivity index (χ0v) is 17.1. The van der Waals surface area contributed by atoms with E-state index in [4.69, 9.17) is 11.6 Å². The Hall–Kier alpha value is -1.69. The van der Waals surface area contributed by atoms with Crippen molar-refractivity contribution in [3.63, 3.8) is 0 Å². The van der Waals surface area contributed by atoms with Gasteiger partial charge in [0.05, 0.1) is 10.6 Å². The molecule has 0 radical (unpaired) electrons. The highest BCUT2D eigenvalue weighted by Crippen LogP contribution is 2.28. The van der Waals surface area contributed by atoms with Crippen LogP contribution in [0.1, 0.15) is 24.2 Å². The number of rotatable bonds is 3. The van der Waals surface area contributed by atoms with E-state index in [9.17, 15) is 4.79 Å². The molecule has 2 aliphatic rings. The molecule has 142 valence electrons. The average molecular weight is 402 g/mol. The molecule has 1 fully saturated rings. The average Bonchev–Trinajstić information content (AvgIpc) is 3.11. The molecule has 4 nitrogen and oxygen atoms in total. The van der Waals surface area contributed by atoms with Gasteiger partial charge in [0.25, 0.3) is 5.91 Å². The van der Waals surface area contributed by atoms with Crippen molar-refractivity contribution in [3.05, 3.63) is 58.6 Å². The van der Waals surface area contributed by atoms with Gasteiger partial charge in [-0.15, -0.1) is 11.8 Å². The van der Waals surface area contributed by atoms with Crippen LogP contribution in [-0.2, 0) is 0 Å². The number of allylic oxidation sites excluding steroid dienone is 2. The Labute approximate surface area is 169 Å². The Balaban J connectivity index is 1.49. The molecule has 1 saturated heterocycles. The van der Waals surface area contributed by atoms with Crippen LogP contribution in [0.4, 0.5) is 0 Å². The number of hydrogen-bond acceptors (Lipinski definition) is 3. The largest absolute Gasteiger partial charge is 0.361 e. The summed E-state index contributed by atoms with van der Waals surface area (Å²) in [6.45, 7) is 6.94. The van der Waals surface area contributed by atoms with Crippen molar-refractivity contribution >= 4 is 40.2 Å². The van der Waals surface area contributed by atoms with Crippen molar-refractivity contribution in [2.45, 2.75) is 31.2 Å². The number of aromatic nitrogens is 1. The van der Waals surface area contributed by atoms with Crippen molar-refractivity contribution in [2.75, 3.05) is 19.6 Å². The molecule has 0 bridgehead atoms. The maximum atomic E-state index is 13.2. The summed E-state index contributed by atoms with van der Waals surface area (Å²) in [5.74, 6) is 0.0250. The lowest BCUT2D eigenvalue weighted by Gasteiger charge is -2.45. The number of aromatic amines is 1. The van der Waals surface area contributed by atoms with Gasteiger partial charge in [-0.3, -0.25) is 9.69 Å². The number of hydrogen-bond donors (Lipinski definition) is 1. The summed E-state index contributed by atoms with van der Waals surface area (Å²) in [5.41, 5.74) is 1.54. The Morgan fingerprint density at radius 3 is 2.89 bits per heavy atom. The van der Waals surface area contributed by atoms with Crippen LogP contribution in [0.3, 0.4) is 0 Å². The van der Waals surface area contributed by atoms with E-state index < -0.39 is 0 Å². The Morgan fingerprint density at radius 1 is 1.26 bits per heavy atom. The minimum atomic E-state index is 0.0250. The minimum absolute atomic E-state index is 0.0250. The van der Waals surface area contributed by atoms with Crippen molar-refractivity contribution in [1.29, 1.82) is 0 Å². The normalized spacial score (nSPS) is 26.0. The van der Waals surface area contributed by atoms with Crippen LogP contribution >= 0.6 is 23.4 Å². The van der Waals surface area contributed by atoms with Gasteiger partial charge in [-0.05, 0) is 37.5 Å². The third-order valence-corrected chi connectivity index (χ3v) is 6.71. The fraction of sp³-hybridized carbons (Fsp3) is 0.381. The van der Waals surface area contributed by atoms with Gasteiger partial charge < -0.3 is 9.88 Å². The zero-order chi connectivity index (χ0) is 19.0. The van der Waals surface area contributed by atoms with Gasteiger partial charge in [0.2, 0.25) is 0 Å². The van der Waals surface area contributed by atoms with E-state index >= 15 is 0 Å². The third-order valence-electron chi connectivity index (χ3n) is 5.43. The van der Waals surface area contributed by atoms with Crippen LogP contribution in [0, 0.1) is 0 Å². The van der Waals surface area contributed by atoms with E-state index in [1.165, 1.54) is 0 Å². The number of benzene rings is 1. The van der Waals surface area contributed by atoms with E-state index in [-0.39, 0.29) is 11.9 Å². The smallest absolute Gasteiger partial charge is 0.255 e. The fourth-order valence-electron chi connectivity index (χ4n) is 3.89. The van der Waals surface area contributed by atoms with Gasteiger partial charge in [0.15, 0.2) is 0 Å². The first-order valence-corrected chi connectivity index (χ1v) is 10.7. The van der Waals surface area contributed by atoms with Gasteiger partial charge in [-0.2, -0.15) is 0 Å². The Morgan fingerprint density at radius 2 is 2.11 bits per heavy atom. The van der Waals surface area contributed by atoms with E-state index in [1.807, 2.05) is 41.1 Å². The molecule has 2 aliphatic heterocycles. The molecule has 0 aliphatic carbocycles. The van der Waals surface area contributed by atoms with Gasteiger partial charge in [-0.1, -0.05) is 29.8 Å². The number of thioether (sulfide) groups is 1. The molecule has 4 rings (SSSR count). The van der Waals surface area contributed by atoms with Crippen LogP contribution in [0.25, 0.3) is 10.9 Å². The molecule has 2 aromatic rings. The van der Waals surface area contributed by atoms with E-state index in [0.717, 1.165) is 30.5 Å². The number of halogens is 1. The predicted octanol–water partition coefficient (Wildman–Crippen LogP) is 4.54. The first-order chi connectivity index (χ1) is 13.0. The van der Waals surface area contributed by atoms with Crippen LogP contribution < -0.4 is 0 Å². The SMILES string of the molecule is C[C@@H]1CN(CC2C=CC=CS2)[C@@H](C)CN1C(=O)c1cc2cc[nH]c2cc1Cl. The lowest BCUT2D eigenvalue weighted by atomic mass is 10.0. The topological polar surface area (TPSA) is 39.3 Å². The number of piperazine rings is 1. The van der Waals surface area contributed by atoms with Crippen molar-refractivity contribution < 1.29 is 4.79 Å². The molecule has 3 atom stereocenters. The van der Waals surface area contributed by atoms with Gasteiger partial charge >= 0.3 is 0 Å². The molecular weight excluding hydrogens is 378 g/mol. The summed E-state index contributed by atoms with van der Waals surface area (Å²) in [6, 6.07) is 6.18. The molecule has 0 spiro atoms. The summed E-state index contributed by atoms with van der Waals surface area (Å²) in [4.78, 5) is 20.8. The number of carbonyl (C=O) groups excluding carboxylic acids is 1. The molecule has 1 unspecified atom stereocenters. The molecule has 27 heavy (non-hydrogen) atoms. The van der Waals surface area contributed by atoms with Crippen LogP contribution in [0.15, 0.2) is 48.0 Å². The molecule has 1 aromatic carbocycles. The molecule has 1 aromatic heterocycles. The molecule has 6 heteroatoms. The highest BCUT2D eigenvalue weighted by molar-refractivity contribution is 8.02. The first kappa shape index (κ1) is 18.7. The van der Waals surface area contributed by atoms with E-state index in [2.05, 4.69) is 47.4 Å². The summed E-state index contributed by atoms with van der Waals surface area (Å²) in [5, 5.41) is 4.15. The first-order valence-electron chi connectivity index (χ1n) is 9.33. The number of nitrogens with zero attached hydrogens (tertiary/aromatic N) is 2. The number of carbonyl (C=O) groups is 1. The fourth-order valence-corrected chi connectivity index (χ4v) is 4.98. The van der Waals surface area contributed by atoms with Gasteiger partial charge in [0.1, 0.15) is 0 Å². The quantitative estimate of drug-likeness (QED) is 0.820. The number of nitrogens with one attached hydrogen (secondary N) is 1. The number of amides is 1. The van der Waals surface area contributed by atoms with Crippen molar-refractivity contribution in [2.24, 2.45) is 0 Å². The van der Waals surface area contributed by atoms with Crippen LogP contribution in [-0.4, -0.2) is 57.7 Å². The van der Waals surface area contributed by atoms with Crippen LogP contribution in [0.2, 0.25) is 5.02 Å². The zero-order valence-electron chi connectivity index (χ0n) is 15.6. The second-order valence-corrected chi connectivity index (χ2v) is 8.95. The molecule has 3 heterocycles. The predicted molar refractivity (Wildman–Crippen MR) is 115 cm³/mol. The monoisotopic (exact) mass is 401 g/mol. The summed E-state index contributed by atoms with van der Waals surface area (Å²) >= 11 is 8.28. The second kappa shape index (κ2) is 7.74. The maximum Gasteiger partial charge on any atom is 0.255 e. The van der Waals surface area contributed by atoms with E-state index in [1.54, 1.807) is 0 Å². The Bertz CT molecular complexity index is 906. The maximum absolute atomic E-state index is 13.2. The number of H-pyrrole nitrogens is 1. The second-order valence-electron chi connectivity index (χ2n) is 7.39. The van der Waals surface area contributed by atoms with E-state index in [0.29, 0.717) is 21.9 Å². The lowest BCUT2D eigenvalue weighted by molar-refractivity contribution is 0.0328. The summed E-state index contributed by atoms with van der Waals surface area (Å²) < 4.78 is 0. The molecule has 0 saturated carbocycles. The Kier molecular flexibility index (Phi) is 5.35. The molecular formula is C21H24ClN3OS. The highest BCUT2D eigenvalue weighted by atomic mass is 35.5. The summed E-state index contributed by atoms with van der Waals surface area (Å²) in [6.07, 6.45) is 8.32. The van der Waals surface area contributed by atoms with Gasteiger partial charge in [0, 0.05) is 54.1 Å². The molecule has 1 N–H and O–H groups in total. The van der Waals surface area contributed by atoms with Crippen molar-refractivity contribution in [3.8, 4) is 0 Å². The standard InChI is InChI=1S/C21H24ClN3OS/c1-14-12-25(15(2)11-24(14)13-17-5-3-4-8-27-17)21(26)18-9-16-6-7-23-20(16)10-19(18)22/h3-10,14-15,17,23H,11-13H2,1-2H3/t14-,15+,17?/m0/s1. The molecule has 1 amide bonds. The number of fused-ring (bicyclic) bond motifs is 1.